The van der Waals surface area contributed by atoms with Crippen molar-refractivity contribution in [2.75, 3.05) is 38.8 Å². The highest BCUT2D eigenvalue weighted by molar-refractivity contribution is 7.13. The molecule has 1 aromatic heterocycles. The molecule has 1 heterocycles. The number of carbonyl (C=O) groups is 2. The molecule has 0 unspecified atom stereocenters. The number of aromatic nitrogens is 1. The van der Waals surface area contributed by atoms with Gasteiger partial charge in [0.25, 0.3) is 5.91 Å². The first-order valence-electron chi connectivity index (χ1n) is 9.98. The van der Waals surface area contributed by atoms with Gasteiger partial charge in [0.05, 0.1) is 32.0 Å². The summed E-state index contributed by atoms with van der Waals surface area (Å²) < 4.78 is 16.0. The lowest BCUT2D eigenvalue weighted by Crippen LogP contribution is -2.34. The van der Waals surface area contributed by atoms with E-state index in [1.54, 1.807) is 28.6 Å². The second-order valence-electron chi connectivity index (χ2n) is 6.26. The number of anilines is 1. The van der Waals surface area contributed by atoms with Gasteiger partial charge < -0.3 is 19.1 Å². The molecule has 1 aromatic carbocycles. The molecule has 0 bridgehead atoms. The van der Waals surface area contributed by atoms with Gasteiger partial charge in [0, 0.05) is 18.5 Å². The molecule has 0 radical (unpaired) electrons. The normalized spacial score (nSPS) is 10.7. The maximum Gasteiger partial charge on any atom is 0.311 e. The van der Waals surface area contributed by atoms with E-state index in [0.717, 1.165) is 5.56 Å². The zero-order valence-corrected chi connectivity index (χ0v) is 19.0. The van der Waals surface area contributed by atoms with Crippen molar-refractivity contribution in [1.82, 2.24) is 9.88 Å². The largest absolute Gasteiger partial charge is 0.490 e. The van der Waals surface area contributed by atoms with Gasteiger partial charge in [0.1, 0.15) is 0 Å². The molecule has 0 saturated heterocycles. The third-order valence-electron chi connectivity index (χ3n) is 4.21. The number of nitrogens with zero attached hydrogens (tertiary/aromatic N) is 3. The number of ether oxygens (including phenoxy) is 3. The summed E-state index contributed by atoms with van der Waals surface area (Å²) in [5.74, 6) is 0.621. The first-order chi connectivity index (χ1) is 15.0. The third kappa shape index (κ3) is 7.56. The second-order valence-corrected chi connectivity index (χ2v) is 7.12. The molecule has 0 aliphatic carbocycles. The highest BCUT2D eigenvalue weighted by atomic mass is 32.1. The maximum atomic E-state index is 12.2. The molecule has 1 amide bonds. The highest BCUT2D eigenvalue weighted by Crippen LogP contribution is 2.28. The predicted octanol–water partition coefficient (Wildman–Crippen LogP) is 2.95. The molecule has 9 nitrogen and oxygen atoms in total. The smallest absolute Gasteiger partial charge is 0.311 e. The quantitative estimate of drug-likeness (QED) is 0.303. The number of likely N-dealkylation sites (N-methyl/N-ethyl adjacent to an activating group) is 1. The van der Waals surface area contributed by atoms with Crippen molar-refractivity contribution in [2.24, 2.45) is 5.10 Å². The van der Waals surface area contributed by atoms with Crippen LogP contribution in [-0.4, -0.2) is 61.4 Å². The minimum Gasteiger partial charge on any atom is -0.490 e. The number of benzene rings is 1. The van der Waals surface area contributed by atoms with Crippen molar-refractivity contribution in [2.45, 2.75) is 27.2 Å². The second kappa shape index (κ2) is 12.5. The van der Waals surface area contributed by atoms with Crippen LogP contribution in [0.15, 0.2) is 28.7 Å². The van der Waals surface area contributed by atoms with E-state index in [1.165, 1.54) is 18.4 Å². The lowest BCUT2D eigenvalue weighted by Gasteiger charge is -2.19. The SMILES string of the molecule is CCOc1cc(/C=N\Nc2nc(CC(=O)OC)cs2)ccc1OCC(=O)N(CC)CC. The van der Waals surface area contributed by atoms with Crippen LogP contribution in [0.1, 0.15) is 32.0 Å². The van der Waals surface area contributed by atoms with E-state index < -0.39 is 0 Å². The van der Waals surface area contributed by atoms with Gasteiger partial charge in [-0.2, -0.15) is 5.10 Å². The summed E-state index contributed by atoms with van der Waals surface area (Å²) in [7, 11) is 1.34. The molecule has 168 valence electrons. The number of hydrogen-bond donors (Lipinski definition) is 1. The number of esters is 1. The summed E-state index contributed by atoms with van der Waals surface area (Å²) in [5, 5.41) is 6.51. The molecule has 0 atom stereocenters. The fourth-order valence-corrected chi connectivity index (χ4v) is 3.28. The number of carbonyl (C=O) groups excluding carboxylic acids is 2. The van der Waals surface area contributed by atoms with Gasteiger partial charge in [0.2, 0.25) is 5.13 Å². The Bertz CT molecular complexity index is 896. The van der Waals surface area contributed by atoms with Crippen LogP contribution in [0.3, 0.4) is 0 Å². The predicted molar refractivity (Wildman–Crippen MR) is 120 cm³/mol. The molecule has 0 aliphatic heterocycles. The van der Waals surface area contributed by atoms with E-state index in [4.69, 9.17) is 9.47 Å². The first kappa shape index (κ1) is 24.1. The zero-order valence-electron chi connectivity index (χ0n) is 18.2. The van der Waals surface area contributed by atoms with Crippen LogP contribution < -0.4 is 14.9 Å². The standard InChI is InChI=1S/C21H28N4O5S/c1-5-25(6-2)19(26)13-30-17-9-8-15(10-18(17)29-7-3)12-22-24-21-23-16(14-31-21)11-20(27)28-4/h8-10,12,14H,5-7,11,13H2,1-4H3,(H,23,24)/b22-12-. The third-order valence-corrected chi connectivity index (χ3v) is 5.01. The molecule has 0 aliphatic rings. The number of rotatable bonds is 12. The minimum absolute atomic E-state index is 0.0469. The van der Waals surface area contributed by atoms with Gasteiger partial charge in [-0.1, -0.05) is 0 Å². The Morgan fingerprint density at radius 2 is 1.97 bits per heavy atom. The van der Waals surface area contributed by atoms with Crippen molar-refractivity contribution in [3.8, 4) is 11.5 Å². The molecule has 10 heteroatoms. The van der Waals surface area contributed by atoms with Gasteiger partial charge in [-0.3, -0.25) is 15.0 Å². The average Bonchev–Trinajstić information content (AvgIpc) is 3.21. The number of nitrogens with one attached hydrogen (secondary N) is 1. The Hall–Kier alpha value is -3.14. The Labute approximate surface area is 186 Å². The Kier molecular flexibility index (Phi) is 9.76. The lowest BCUT2D eigenvalue weighted by atomic mass is 10.2. The number of methoxy groups -OCH3 is 1. The number of amides is 1. The van der Waals surface area contributed by atoms with Gasteiger partial charge in [-0.05, 0) is 44.5 Å². The lowest BCUT2D eigenvalue weighted by molar-refractivity contribution is -0.139. The average molecular weight is 449 g/mol. The number of thiazole rings is 1. The van der Waals surface area contributed by atoms with Crippen LogP contribution in [-0.2, 0) is 20.7 Å². The maximum absolute atomic E-state index is 12.2. The van der Waals surface area contributed by atoms with Crippen LogP contribution in [0, 0.1) is 0 Å². The van der Waals surface area contributed by atoms with Gasteiger partial charge >= 0.3 is 5.97 Å². The van der Waals surface area contributed by atoms with Crippen molar-refractivity contribution in [3.63, 3.8) is 0 Å². The molecular formula is C21H28N4O5S. The highest BCUT2D eigenvalue weighted by Gasteiger charge is 2.13. The number of hydrogen-bond acceptors (Lipinski definition) is 9. The van der Waals surface area contributed by atoms with E-state index in [9.17, 15) is 9.59 Å². The molecule has 0 fully saturated rings. The van der Waals surface area contributed by atoms with E-state index >= 15 is 0 Å². The van der Waals surface area contributed by atoms with E-state index in [0.29, 0.717) is 42.0 Å². The molecule has 0 spiro atoms. The molecule has 1 N–H and O–H groups in total. The van der Waals surface area contributed by atoms with Crippen molar-refractivity contribution in [3.05, 3.63) is 34.8 Å². The van der Waals surface area contributed by atoms with Crippen LogP contribution in [0.2, 0.25) is 0 Å². The molecule has 2 aromatic rings. The topological polar surface area (TPSA) is 102 Å². The van der Waals surface area contributed by atoms with E-state index in [2.05, 4.69) is 20.2 Å². The van der Waals surface area contributed by atoms with Crippen LogP contribution in [0.4, 0.5) is 5.13 Å². The monoisotopic (exact) mass is 448 g/mol. The van der Waals surface area contributed by atoms with E-state index in [-0.39, 0.29) is 24.9 Å². The zero-order chi connectivity index (χ0) is 22.6. The molecule has 2 rings (SSSR count). The summed E-state index contributed by atoms with van der Waals surface area (Å²) in [5.41, 5.74) is 4.24. The van der Waals surface area contributed by atoms with Crippen molar-refractivity contribution < 1.29 is 23.8 Å². The van der Waals surface area contributed by atoms with Gasteiger partial charge in [-0.15, -0.1) is 11.3 Å². The fourth-order valence-electron chi connectivity index (χ4n) is 2.62. The Morgan fingerprint density at radius 1 is 1.19 bits per heavy atom. The van der Waals surface area contributed by atoms with Gasteiger partial charge in [-0.25, -0.2) is 4.98 Å². The minimum atomic E-state index is -0.343. The molecule has 0 saturated carbocycles. The molecular weight excluding hydrogens is 420 g/mol. The van der Waals surface area contributed by atoms with Crippen LogP contribution in [0.25, 0.3) is 0 Å². The first-order valence-corrected chi connectivity index (χ1v) is 10.9. The van der Waals surface area contributed by atoms with E-state index in [1.807, 2.05) is 26.8 Å². The summed E-state index contributed by atoms with van der Waals surface area (Å²) in [6, 6.07) is 5.35. The summed E-state index contributed by atoms with van der Waals surface area (Å²) >= 11 is 1.34. The van der Waals surface area contributed by atoms with Crippen molar-refractivity contribution >= 4 is 34.6 Å². The van der Waals surface area contributed by atoms with Gasteiger partial charge in [0.15, 0.2) is 18.1 Å². The Morgan fingerprint density at radius 3 is 2.65 bits per heavy atom. The Balaban J connectivity index is 1.99. The van der Waals surface area contributed by atoms with Crippen LogP contribution >= 0.6 is 11.3 Å². The van der Waals surface area contributed by atoms with Crippen LogP contribution in [0.5, 0.6) is 11.5 Å². The summed E-state index contributed by atoms with van der Waals surface area (Å²) in [6.45, 7) is 7.44. The van der Waals surface area contributed by atoms with Crippen molar-refractivity contribution in [1.29, 1.82) is 0 Å². The molecule has 31 heavy (non-hydrogen) atoms. The fraction of sp³-hybridized carbons (Fsp3) is 0.429. The number of hydrazone groups is 1. The summed E-state index contributed by atoms with van der Waals surface area (Å²) in [6.07, 6.45) is 1.74. The summed E-state index contributed by atoms with van der Waals surface area (Å²) in [4.78, 5) is 29.5.